The Bertz CT molecular complexity index is 248. The van der Waals surface area contributed by atoms with Gasteiger partial charge >= 0.3 is 0 Å². The molecule has 0 amide bonds. The molecule has 0 saturated heterocycles. The average molecular weight is 167 g/mol. The maximum absolute atomic E-state index is 11.7. The minimum atomic E-state index is -0.872. The molecule has 3 heteroatoms. The second-order valence-electron chi connectivity index (χ2n) is 1.91. The van der Waals surface area contributed by atoms with Crippen LogP contribution in [0.1, 0.15) is 6.92 Å². The van der Waals surface area contributed by atoms with Crippen molar-refractivity contribution in [1.82, 2.24) is 0 Å². The number of allylic oxidation sites excluding steroid dienone is 4. The highest BCUT2D eigenvalue weighted by Crippen LogP contribution is 2.01. The fourth-order valence-electron chi connectivity index (χ4n) is 0.511. The van der Waals surface area contributed by atoms with Crippen LogP contribution in [-0.4, -0.2) is 6.86 Å². The molecule has 0 fully saturated rings. The minimum Gasteiger partial charge on any atom is -0.463 e. The predicted molar refractivity (Wildman–Crippen MR) is 44.7 cm³/mol. The number of nitriles is 1. The molecule has 64 valence electrons. The van der Waals surface area contributed by atoms with Gasteiger partial charge in [0.25, 0.3) is 0 Å². The van der Waals surface area contributed by atoms with Crippen LogP contribution in [0.2, 0.25) is 0 Å². The zero-order valence-corrected chi connectivity index (χ0v) is 6.88. The Morgan fingerprint density at radius 3 is 2.75 bits per heavy atom. The zero-order valence-electron chi connectivity index (χ0n) is 6.88. The van der Waals surface area contributed by atoms with Crippen LogP contribution in [0.25, 0.3) is 0 Å². The van der Waals surface area contributed by atoms with Crippen molar-refractivity contribution in [1.29, 1.82) is 5.26 Å². The van der Waals surface area contributed by atoms with Crippen LogP contribution in [0.5, 0.6) is 0 Å². The summed E-state index contributed by atoms with van der Waals surface area (Å²) in [6, 6.07) is 1.83. The number of alkyl halides is 1. The van der Waals surface area contributed by atoms with E-state index < -0.39 is 6.86 Å². The summed E-state index contributed by atoms with van der Waals surface area (Å²) < 4.78 is 16.2. The van der Waals surface area contributed by atoms with Gasteiger partial charge < -0.3 is 4.74 Å². The molecule has 0 rings (SSSR count). The van der Waals surface area contributed by atoms with Crippen molar-refractivity contribution in [3.63, 3.8) is 0 Å². The maximum Gasteiger partial charge on any atom is 0.228 e. The van der Waals surface area contributed by atoms with Crippen molar-refractivity contribution in [3.8, 4) is 6.07 Å². The summed E-state index contributed by atoms with van der Waals surface area (Å²) >= 11 is 0. The van der Waals surface area contributed by atoms with E-state index >= 15 is 0 Å². The predicted octanol–water partition coefficient (Wildman–Crippen LogP) is 2.47. The van der Waals surface area contributed by atoms with Crippen LogP contribution in [0.4, 0.5) is 4.39 Å². The van der Waals surface area contributed by atoms with Gasteiger partial charge in [0.2, 0.25) is 6.86 Å². The van der Waals surface area contributed by atoms with Crippen LogP contribution in [0, 0.1) is 11.3 Å². The molecule has 0 aliphatic rings. The molecule has 0 aliphatic carbocycles. The molecule has 0 aliphatic heterocycles. The normalized spacial score (nSPS) is 11.2. The highest BCUT2D eigenvalue weighted by molar-refractivity contribution is 5.32. The Hall–Kier alpha value is -1.56. The Balaban J connectivity index is 4.14. The van der Waals surface area contributed by atoms with Crippen molar-refractivity contribution in [3.05, 3.63) is 36.1 Å². The van der Waals surface area contributed by atoms with Gasteiger partial charge in [-0.1, -0.05) is 6.58 Å². The third-order valence-corrected chi connectivity index (χ3v) is 1.10. The van der Waals surface area contributed by atoms with Crippen molar-refractivity contribution >= 4 is 0 Å². The molecule has 0 aromatic rings. The van der Waals surface area contributed by atoms with E-state index in [4.69, 9.17) is 5.26 Å². The summed E-state index contributed by atoms with van der Waals surface area (Å²) in [4.78, 5) is 0. The highest BCUT2D eigenvalue weighted by Gasteiger charge is 1.89. The van der Waals surface area contributed by atoms with Crippen LogP contribution in [-0.2, 0) is 4.74 Å². The van der Waals surface area contributed by atoms with Gasteiger partial charge in [-0.2, -0.15) is 5.26 Å². The Morgan fingerprint density at radius 2 is 2.33 bits per heavy atom. The van der Waals surface area contributed by atoms with E-state index in [9.17, 15) is 4.39 Å². The quantitative estimate of drug-likeness (QED) is 0.366. The number of hydrogen-bond acceptors (Lipinski definition) is 2. The van der Waals surface area contributed by atoms with E-state index in [1.54, 1.807) is 13.0 Å². The first-order valence-electron chi connectivity index (χ1n) is 3.36. The van der Waals surface area contributed by atoms with Crippen LogP contribution in [0.3, 0.4) is 0 Å². The van der Waals surface area contributed by atoms with Gasteiger partial charge in [-0.25, -0.2) is 4.39 Å². The molecular formula is C9H10FNO. The Kier molecular flexibility index (Phi) is 5.37. The van der Waals surface area contributed by atoms with E-state index in [0.29, 0.717) is 11.3 Å². The molecule has 0 radical (unpaired) electrons. The molecule has 2 nitrogen and oxygen atoms in total. The van der Waals surface area contributed by atoms with Crippen LogP contribution < -0.4 is 0 Å². The van der Waals surface area contributed by atoms with Gasteiger partial charge in [-0.05, 0) is 25.2 Å². The molecule has 0 spiro atoms. The minimum absolute atomic E-state index is 0.303. The standard InChI is InChI=1S/C9H10FNO/c1-3-9(12-7-10)5-4-8(2)6-11/h3-5H,2,7H2,1H3/b5-4-,9-3+. The van der Waals surface area contributed by atoms with Gasteiger partial charge in [0, 0.05) is 5.57 Å². The molecular weight excluding hydrogens is 157 g/mol. The van der Waals surface area contributed by atoms with Crippen molar-refractivity contribution in [2.45, 2.75) is 6.92 Å². The van der Waals surface area contributed by atoms with Gasteiger partial charge in [0.15, 0.2) is 0 Å². The molecule has 12 heavy (non-hydrogen) atoms. The lowest BCUT2D eigenvalue weighted by Gasteiger charge is -1.98. The number of nitrogens with zero attached hydrogens (tertiary/aromatic N) is 1. The summed E-state index contributed by atoms with van der Waals surface area (Å²) in [5, 5.41) is 8.32. The largest absolute Gasteiger partial charge is 0.463 e. The molecule has 0 unspecified atom stereocenters. The van der Waals surface area contributed by atoms with E-state index in [-0.39, 0.29) is 0 Å². The summed E-state index contributed by atoms with van der Waals surface area (Å²) in [7, 11) is 0. The summed E-state index contributed by atoms with van der Waals surface area (Å²) in [6.45, 7) is 4.26. The van der Waals surface area contributed by atoms with E-state index in [1.165, 1.54) is 12.2 Å². The highest BCUT2D eigenvalue weighted by atomic mass is 19.1. The number of hydrogen-bond donors (Lipinski definition) is 0. The maximum atomic E-state index is 11.7. The van der Waals surface area contributed by atoms with Crippen LogP contribution >= 0.6 is 0 Å². The van der Waals surface area contributed by atoms with Gasteiger partial charge in [-0.3, -0.25) is 0 Å². The number of ether oxygens (including phenoxy) is 1. The van der Waals surface area contributed by atoms with Crippen molar-refractivity contribution in [2.75, 3.05) is 6.86 Å². The van der Waals surface area contributed by atoms with Crippen molar-refractivity contribution in [2.24, 2.45) is 0 Å². The lowest BCUT2D eigenvalue weighted by Crippen LogP contribution is -1.85. The fourth-order valence-corrected chi connectivity index (χ4v) is 0.511. The van der Waals surface area contributed by atoms with Crippen molar-refractivity contribution < 1.29 is 9.13 Å². The second kappa shape index (κ2) is 6.17. The fraction of sp³-hybridized carbons (Fsp3) is 0.222. The lowest BCUT2D eigenvalue weighted by atomic mass is 10.3. The number of rotatable bonds is 4. The average Bonchev–Trinajstić information content (AvgIpc) is 2.11. The molecule has 0 aromatic carbocycles. The summed E-state index contributed by atoms with van der Waals surface area (Å²) in [5.74, 6) is 0.383. The summed E-state index contributed by atoms with van der Waals surface area (Å²) in [5.41, 5.74) is 0.303. The van der Waals surface area contributed by atoms with Crippen LogP contribution in [0.15, 0.2) is 36.1 Å². The molecule has 0 saturated carbocycles. The van der Waals surface area contributed by atoms with E-state index in [0.717, 1.165) is 0 Å². The first kappa shape index (κ1) is 10.4. The lowest BCUT2D eigenvalue weighted by molar-refractivity contribution is 0.123. The molecule has 0 bridgehead atoms. The summed E-state index contributed by atoms with van der Waals surface area (Å²) in [6.07, 6.45) is 4.55. The number of halogens is 1. The third-order valence-electron chi connectivity index (χ3n) is 1.10. The zero-order chi connectivity index (χ0) is 9.40. The molecule has 0 N–H and O–H groups in total. The van der Waals surface area contributed by atoms with Gasteiger partial charge in [0.1, 0.15) is 5.76 Å². The third kappa shape index (κ3) is 4.29. The Morgan fingerprint density at radius 1 is 1.67 bits per heavy atom. The van der Waals surface area contributed by atoms with Gasteiger partial charge in [-0.15, -0.1) is 0 Å². The van der Waals surface area contributed by atoms with E-state index in [1.807, 2.05) is 6.07 Å². The Labute approximate surface area is 71.3 Å². The SMILES string of the molecule is C=C(C#N)/C=C\C(=C/C)OCF. The smallest absolute Gasteiger partial charge is 0.228 e. The first-order valence-corrected chi connectivity index (χ1v) is 3.36. The molecule has 0 aromatic heterocycles. The molecule has 0 atom stereocenters. The van der Waals surface area contributed by atoms with Gasteiger partial charge in [0.05, 0.1) is 6.07 Å². The first-order chi connectivity index (χ1) is 5.74. The monoisotopic (exact) mass is 167 g/mol. The van der Waals surface area contributed by atoms with E-state index in [2.05, 4.69) is 11.3 Å². The second-order valence-corrected chi connectivity index (χ2v) is 1.91. The topological polar surface area (TPSA) is 33.0 Å². The molecule has 0 heterocycles.